The zero-order valence-electron chi connectivity index (χ0n) is 14.9. The Labute approximate surface area is 145 Å². The maximum absolute atomic E-state index is 5.93. The third-order valence-electron chi connectivity index (χ3n) is 4.03. The first-order valence-corrected chi connectivity index (χ1v) is 8.55. The molecule has 1 aromatic carbocycles. The summed E-state index contributed by atoms with van der Waals surface area (Å²) in [5.74, 6) is 2.96. The second-order valence-corrected chi connectivity index (χ2v) is 6.54. The lowest BCUT2D eigenvalue weighted by Crippen LogP contribution is -2.44. The van der Waals surface area contributed by atoms with E-state index in [1.165, 1.54) is 0 Å². The van der Waals surface area contributed by atoms with Gasteiger partial charge in [-0.25, -0.2) is 0 Å². The van der Waals surface area contributed by atoms with Crippen molar-refractivity contribution in [3.63, 3.8) is 0 Å². The molecule has 0 bridgehead atoms. The monoisotopic (exact) mass is 332 g/mol. The Morgan fingerprint density at radius 3 is 2.62 bits per heavy atom. The number of unbranched alkanes of at least 4 members (excludes halogenated alkanes) is 1. The topological polar surface area (TPSA) is 36.9 Å². The average Bonchev–Trinajstić information content (AvgIpc) is 2.57. The Kier molecular flexibility index (Phi) is 7.11. The maximum Gasteiger partial charge on any atom is 0.164 e. The van der Waals surface area contributed by atoms with Crippen LogP contribution in [0.5, 0.6) is 5.75 Å². The quantitative estimate of drug-likeness (QED) is 0.534. The van der Waals surface area contributed by atoms with Crippen molar-refractivity contribution >= 4 is 0 Å². The van der Waals surface area contributed by atoms with Gasteiger partial charge in [-0.15, -0.1) is 6.42 Å². The third kappa shape index (κ3) is 6.16. The van der Waals surface area contributed by atoms with Crippen LogP contribution in [-0.2, 0) is 20.8 Å². The van der Waals surface area contributed by atoms with Crippen LogP contribution in [0.4, 0.5) is 0 Å². The largest absolute Gasteiger partial charge is 0.497 e. The minimum Gasteiger partial charge on any atom is -0.497 e. The van der Waals surface area contributed by atoms with Gasteiger partial charge in [-0.05, 0) is 50.8 Å². The van der Waals surface area contributed by atoms with E-state index in [0.717, 1.165) is 43.6 Å². The Hall–Kier alpha value is -1.54. The lowest BCUT2D eigenvalue weighted by atomic mass is 10.0. The predicted molar refractivity (Wildman–Crippen MR) is 93.8 cm³/mol. The molecule has 0 aliphatic carbocycles. The van der Waals surface area contributed by atoms with Gasteiger partial charge in [-0.2, -0.15) is 0 Å². The van der Waals surface area contributed by atoms with Crippen LogP contribution >= 0.6 is 0 Å². The molecule has 4 nitrogen and oxygen atoms in total. The molecule has 2 rings (SSSR count). The van der Waals surface area contributed by atoms with Gasteiger partial charge in [0.15, 0.2) is 5.79 Å². The Morgan fingerprint density at radius 1 is 1.21 bits per heavy atom. The summed E-state index contributed by atoms with van der Waals surface area (Å²) in [6, 6.07) is 7.95. The molecule has 1 heterocycles. The van der Waals surface area contributed by atoms with Crippen LogP contribution in [0.3, 0.4) is 0 Å². The van der Waals surface area contributed by atoms with Crippen LogP contribution in [0.25, 0.3) is 0 Å². The van der Waals surface area contributed by atoms with Crippen molar-refractivity contribution in [3.8, 4) is 18.1 Å². The molecule has 0 spiro atoms. The van der Waals surface area contributed by atoms with E-state index in [9.17, 15) is 0 Å². The van der Waals surface area contributed by atoms with E-state index in [2.05, 4.69) is 5.92 Å². The molecule has 0 saturated carbocycles. The fourth-order valence-corrected chi connectivity index (χ4v) is 2.87. The summed E-state index contributed by atoms with van der Waals surface area (Å²) in [7, 11) is 1.67. The molecule has 1 aliphatic rings. The number of hydrogen-bond acceptors (Lipinski definition) is 4. The standard InChI is InChI=1S/C20H28O4/c1-5-17-14-19(24-20(2,3)23-17)8-6-7-13-22-15-16-9-11-18(21-4)12-10-16/h1,9-12,17,19H,6-8,13-15H2,2-4H3/t17-,19-/m0/s1. The molecule has 0 amide bonds. The van der Waals surface area contributed by atoms with Gasteiger partial charge in [0.05, 0.1) is 19.8 Å². The van der Waals surface area contributed by atoms with E-state index in [1.807, 2.05) is 38.1 Å². The smallest absolute Gasteiger partial charge is 0.164 e. The van der Waals surface area contributed by atoms with E-state index in [0.29, 0.717) is 6.61 Å². The van der Waals surface area contributed by atoms with E-state index < -0.39 is 5.79 Å². The van der Waals surface area contributed by atoms with Crippen LogP contribution in [0.2, 0.25) is 0 Å². The number of ether oxygens (including phenoxy) is 4. The second-order valence-electron chi connectivity index (χ2n) is 6.54. The van der Waals surface area contributed by atoms with Crippen LogP contribution in [0.1, 0.15) is 45.1 Å². The summed E-state index contributed by atoms with van der Waals surface area (Å²) in [4.78, 5) is 0. The molecule has 1 saturated heterocycles. The zero-order chi connectivity index (χ0) is 17.4. The third-order valence-corrected chi connectivity index (χ3v) is 4.03. The van der Waals surface area contributed by atoms with Gasteiger partial charge >= 0.3 is 0 Å². The molecule has 2 atom stereocenters. The van der Waals surface area contributed by atoms with Crippen LogP contribution in [0.15, 0.2) is 24.3 Å². The van der Waals surface area contributed by atoms with Gasteiger partial charge in [0, 0.05) is 13.0 Å². The molecular weight excluding hydrogens is 304 g/mol. The van der Waals surface area contributed by atoms with Crippen molar-refractivity contribution in [2.75, 3.05) is 13.7 Å². The zero-order valence-corrected chi connectivity index (χ0v) is 14.9. The van der Waals surface area contributed by atoms with Gasteiger partial charge in [0.25, 0.3) is 0 Å². The lowest BCUT2D eigenvalue weighted by Gasteiger charge is -2.39. The first-order chi connectivity index (χ1) is 11.5. The highest BCUT2D eigenvalue weighted by molar-refractivity contribution is 5.26. The Bertz CT molecular complexity index is 530. The fraction of sp³-hybridized carbons (Fsp3) is 0.600. The molecule has 1 aromatic rings. The molecule has 1 fully saturated rings. The predicted octanol–water partition coefficient (Wildman–Crippen LogP) is 3.93. The molecule has 0 radical (unpaired) electrons. The van der Waals surface area contributed by atoms with E-state index >= 15 is 0 Å². The van der Waals surface area contributed by atoms with Crippen LogP contribution < -0.4 is 4.74 Å². The van der Waals surface area contributed by atoms with Crippen molar-refractivity contribution in [2.45, 2.75) is 64.1 Å². The molecular formula is C20H28O4. The highest BCUT2D eigenvalue weighted by Gasteiger charge is 2.34. The molecule has 132 valence electrons. The summed E-state index contributed by atoms with van der Waals surface area (Å²) in [6.07, 6.45) is 9.33. The number of methoxy groups -OCH3 is 1. The van der Waals surface area contributed by atoms with Gasteiger partial charge in [0.2, 0.25) is 0 Å². The number of benzene rings is 1. The van der Waals surface area contributed by atoms with Crippen molar-refractivity contribution in [2.24, 2.45) is 0 Å². The summed E-state index contributed by atoms with van der Waals surface area (Å²) in [6.45, 7) is 5.21. The molecule has 24 heavy (non-hydrogen) atoms. The molecule has 1 aliphatic heterocycles. The first-order valence-electron chi connectivity index (χ1n) is 8.55. The number of hydrogen-bond donors (Lipinski definition) is 0. The Morgan fingerprint density at radius 2 is 1.96 bits per heavy atom. The second kappa shape index (κ2) is 9.08. The molecule has 4 heteroatoms. The van der Waals surface area contributed by atoms with Crippen LogP contribution in [-0.4, -0.2) is 31.7 Å². The highest BCUT2D eigenvalue weighted by atomic mass is 16.7. The van der Waals surface area contributed by atoms with Crippen molar-refractivity contribution in [3.05, 3.63) is 29.8 Å². The van der Waals surface area contributed by atoms with Gasteiger partial charge in [-0.3, -0.25) is 0 Å². The average molecular weight is 332 g/mol. The van der Waals surface area contributed by atoms with Crippen molar-refractivity contribution < 1.29 is 18.9 Å². The molecule has 0 N–H and O–H groups in total. The summed E-state index contributed by atoms with van der Waals surface area (Å²) in [5.41, 5.74) is 1.15. The van der Waals surface area contributed by atoms with Gasteiger partial charge in [0.1, 0.15) is 11.9 Å². The van der Waals surface area contributed by atoms with Gasteiger partial charge < -0.3 is 18.9 Å². The van der Waals surface area contributed by atoms with Crippen molar-refractivity contribution in [1.29, 1.82) is 0 Å². The van der Waals surface area contributed by atoms with Crippen molar-refractivity contribution in [1.82, 2.24) is 0 Å². The maximum atomic E-state index is 5.93. The van der Waals surface area contributed by atoms with E-state index in [-0.39, 0.29) is 12.2 Å². The number of rotatable bonds is 8. The first kappa shape index (κ1) is 18.8. The summed E-state index contributed by atoms with van der Waals surface area (Å²) < 4.78 is 22.5. The molecule has 0 aromatic heterocycles. The summed E-state index contributed by atoms with van der Waals surface area (Å²) in [5, 5.41) is 0. The number of terminal acetylenes is 1. The van der Waals surface area contributed by atoms with E-state index in [4.69, 9.17) is 25.4 Å². The fourth-order valence-electron chi connectivity index (χ4n) is 2.87. The lowest BCUT2D eigenvalue weighted by molar-refractivity contribution is -0.289. The molecule has 0 unspecified atom stereocenters. The SMILES string of the molecule is C#C[C@H]1C[C@H](CCCCOCc2ccc(OC)cc2)OC(C)(C)O1. The Balaban J connectivity index is 1.60. The minimum absolute atomic E-state index is 0.148. The minimum atomic E-state index is -0.592. The highest BCUT2D eigenvalue weighted by Crippen LogP contribution is 2.28. The normalized spacial score (nSPS) is 22.8. The van der Waals surface area contributed by atoms with Gasteiger partial charge in [-0.1, -0.05) is 18.1 Å². The van der Waals surface area contributed by atoms with Crippen LogP contribution in [0, 0.1) is 12.3 Å². The summed E-state index contributed by atoms with van der Waals surface area (Å²) >= 11 is 0. The van der Waals surface area contributed by atoms with E-state index in [1.54, 1.807) is 7.11 Å².